The highest BCUT2D eigenvalue weighted by Gasteiger charge is 2.30. The molecule has 6 nitrogen and oxygen atoms in total. The second kappa shape index (κ2) is 6.12. The summed E-state index contributed by atoms with van der Waals surface area (Å²) in [6.45, 7) is 3.47. The van der Waals surface area contributed by atoms with Gasteiger partial charge in [0.15, 0.2) is 0 Å². The molecule has 23 heavy (non-hydrogen) atoms. The molecule has 2 fully saturated rings. The molecule has 0 bridgehead atoms. The Morgan fingerprint density at radius 3 is 2.78 bits per heavy atom. The monoisotopic (exact) mass is 311 g/mol. The number of aromatic nitrogens is 3. The third-order valence-corrected chi connectivity index (χ3v) is 4.67. The minimum absolute atomic E-state index is 0.249. The molecular weight excluding hydrogens is 290 g/mol. The van der Waals surface area contributed by atoms with Crippen LogP contribution < -0.4 is 9.80 Å². The summed E-state index contributed by atoms with van der Waals surface area (Å²) in [5.74, 6) is 2.20. The van der Waals surface area contributed by atoms with Gasteiger partial charge in [0.25, 0.3) is 0 Å². The summed E-state index contributed by atoms with van der Waals surface area (Å²) in [4.78, 5) is 17.6. The van der Waals surface area contributed by atoms with Crippen LogP contribution in [0.3, 0.4) is 0 Å². The molecule has 2 aromatic heterocycles. The molecule has 2 aliphatic heterocycles. The van der Waals surface area contributed by atoms with Crippen molar-refractivity contribution in [2.45, 2.75) is 24.9 Å². The summed E-state index contributed by atoms with van der Waals surface area (Å²) in [5.41, 5.74) is 1.28. The van der Waals surface area contributed by atoms with Crippen molar-refractivity contribution in [2.24, 2.45) is 0 Å². The summed E-state index contributed by atoms with van der Waals surface area (Å²) in [7, 11) is 0. The van der Waals surface area contributed by atoms with Gasteiger partial charge >= 0.3 is 0 Å². The van der Waals surface area contributed by atoms with Crippen molar-refractivity contribution in [3.05, 3.63) is 42.4 Å². The van der Waals surface area contributed by atoms with Gasteiger partial charge in [-0.1, -0.05) is 6.07 Å². The molecule has 6 heteroatoms. The maximum Gasteiger partial charge on any atom is 0.227 e. The minimum Gasteiger partial charge on any atom is -0.391 e. The van der Waals surface area contributed by atoms with Gasteiger partial charge in [-0.2, -0.15) is 4.98 Å². The van der Waals surface area contributed by atoms with Crippen molar-refractivity contribution in [3.8, 4) is 0 Å². The molecule has 4 heterocycles. The van der Waals surface area contributed by atoms with Crippen LogP contribution in [0.25, 0.3) is 0 Å². The van der Waals surface area contributed by atoms with E-state index in [0.717, 1.165) is 44.2 Å². The van der Waals surface area contributed by atoms with Gasteiger partial charge in [-0.25, -0.2) is 4.98 Å². The fourth-order valence-corrected chi connectivity index (χ4v) is 3.30. The van der Waals surface area contributed by atoms with E-state index in [1.165, 1.54) is 5.56 Å². The van der Waals surface area contributed by atoms with Crippen LogP contribution in [0.4, 0.5) is 11.8 Å². The van der Waals surface area contributed by atoms with E-state index in [0.29, 0.717) is 12.5 Å². The van der Waals surface area contributed by atoms with Crippen LogP contribution in [0, 0.1) is 0 Å². The van der Waals surface area contributed by atoms with Crippen LogP contribution in [-0.2, 0) is 0 Å². The largest absolute Gasteiger partial charge is 0.391 e. The van der Waals surface area contributed by atoms with E-state index in [2.05, 4.69) is 25.8 Å². The third kappa shape index (κ3) is 2.99. The lowest BCUT2D eigenvalue weighted by atomic mass is 9.93. The molecular formula is C17H21N5O. The first-order chi connectivity index (χ1) is 11.3. The van der Waals surface area contributed by atoms with E-state index < -0.39 is 0 Å². The quantitative estimate of drug-likeness (QED) is 0.925. The standard InChI is InChI=1S/C17H21N5O/c23-15-4-2-8-21(12-15)16-5-7-19-17(20-16)22-10-14(11-22)13-3-1-6-18-9-13/h1,3,5-7,9,14-15,23H,2,4,8,10-12H2/t15-/m0/s1. The number of aliphatic hydroxyl groups excluding tert-OH is 1. The van der Waals surface area contributed by atoms with Gasteiger partial charge in [-0.3, -0.25) is 4.98 Å². The molecule has 0 amide bonds. The van der Waals surface area contributed by atoms with Crippen molar-refractivity contribution in [1.82, 2.24) is 15.0 Å². The molecule has 1 atom stereocenters. The normalized spacial score (nSPS) is 22.0. The number of nitrogens with zero attached hydrogens (tertiary/aromatic N) is 5. The minimum atomic E-state index is -0.249. The fraction of sp³-hybridized carbons (Fsp3) is 0.471. The zero-order valence-electron chi connectivity index (χ0n) is 13.0. The molecule has 0 spiro atoms. The number of aliphatic hydroxyl groups is 1. The average molecular weight is 311 g/mol. The van der Waals surface area contributed by atoms with Gasteiger partial charge in [0.05, 0.1) is 6.10 Å². The number of hydrogen-bond donors (Lipinski definition) is 1. The number of piperidine rings is 1. The van der Waals surface area contributed by atoms with Crippen LogP contribution in [0.15, 0.2) is 36.8 Å². The summed E-state index contributed by atoms with van der Waals surface area (Å²) >= 11 is 0. The van der Waals surface area contributed by atoms with Crippen molar-refractivity contribution < 1.29 is 5.11 Å². The Morgan fingerprint density at radius 1 is 1.09 bits per heavy atom. The number of β-amino-alcohol motifs (C(OH)–C–C–N with tert-alkyl or cyclic N) is 1. The topological polar surface area (TPSA) is 65.4 Å². The summed E-state index contributed by atoms with van der Waals surface area (Å²) in [6, 6.07) is 6.04. The van der Waals surface area contributed by atoms with E-state index in [1.807, 2.05) is 24.5 Å². The Morgan fingerprint density at radius 2 is 2.00 bits per heavy atom. The average Bonchev–Trinajstić information content (AvgIpc) is 2.55. The van der Waals surface area contributed by atoms with E-state index >= 15 is 0 Å². The smallest absolute Gasteiger partial charge is 0.227 e. The van der Waals surface area contributed by atoms with Crippen LogP contribution in [0.1, 0.15) is 24.3 Å². The van der Waals surface area contributed by atoms with E-state index in [1.54, 1.807) is 6.20 Å². The van der Waals surface area contributed by atoms with Gasteiger partial charge in [-0.15, -0.1) is 0 Å². The van der Waals surface area contributed by atoms with Crippen molar-refractivity contribution in [3.63, 3.8) is 0 Å². The van der Waals surface area contributed by atoms with Crippen LogP contribution in [-0.4, -0.2) is 52.3 Å². The second-order valence-electron chi connectivity index (χ2n) is 6.35. The highest BCUT2D eigenvalue weighted by atomic mass is 16.3. The lowest BCUT2D eigenvalue weighted by Crippen LogP contribution is -2.46. The number of hydrogen-bond acceptors (Lipinski definition) is 6. The molecule has 2 saturated heterocycles. The maximum atomic E-state index is 9.84. The van der Waals surface area contributed by atoms with E-state index in [9.17, 15) is 5.11 Å². The Balaban J connectivity index is 1.44. The van der Waals surface area contributed by atoms with Crippen molar-refractivity contribution in [1.29, 1.82) is 0 Å². The van der Waals surface area contributed by atoms with Crippen LogP contribution >= 0.6 is 0 Å². The number of anilines is 2. The fourth-order valence-electron chi connectivity index (χ4n) is 3.30. The maximum absolute atomic E-state index is 9.84. The molecule has 120 valence electrons. The molecule has 2 aliphatic rings. The zero-order valence-corrected chi connectivity index (χ0v) is 13.0. The van der Waals surface area contributed by atoms with Gasteiger partial charge < -0.3 is 14.9 Å². The van der Waals surface area contributed by atoms with E-state index in [4.69, 9.17) is 4.98 Å². The Labute approximate surface area is 135 Å². The summed E-state index contributed by atoms with van der Waals surface area (Å²) in [6.07, 6.45) is 7.20. The first kappa shape index (κ1) is 14.4. The van der Waals surface area contributed by atoms with Crippen LogP contribution in [0.5, 0.6) is 0 Å². The third-order valence-electron chi connectivity index (χ3n) is 4.67. The first-order valence-corrected chi connectivity index (χ1v) is 8.20. The Hall–Kier alpha value is -2.21. The summed E-state index contributed by atoms with van der Waals surface area (Å²) < 4.78 is 0. The molecule has 0 aliphatic carbocycles. The molecule has 2 aromatic rings. The van der Waals surface area contributed by atoms with Gasteiger partial charge in [-0.05, 0) is 30.5 Å². The Kier molecular flexibility index (Phi) is 3.83. The van der Waals surface area contributed by atoms with Crippen molar-refractivity contribution >= 4 is 11.8 Å². The molecule has 4 rings (SSSR count). The zero-order chi connectivity index (χ0) is 15.6. The molecule has 0 unspecified atom stereocenters. The molecule has 0 radical (unpaired) electrons. The van der Waals surface area contributed by atoms with Gasteiger partial charge in [0.2, 0.25) is 5.95 Å². The SMILES string of the molecule is O[C@H]1CCCN(c2ccnc(N3CC(c4cccnc4)C3)n2)C1. The van der Waals surface area contributed by atoms with Gasteiger partial charge in [0, 0.05) is 50.7 Å². The van der Waals surface area contributed by atoms with E-state index in [-0.39, 0.29) is 6.10 Å². The van der Waals surface area contributed by atoms with Gasteiger partial charge in [0.1, 0.15) is 5.82 Å². The summed E-state index contributed by atoms with van der Waals surface area (Å²) in [5, 5.41) is 9.84. The highest BCUT2D eigenvalue weighted by molar-refractivity contribution is 5.47. The number of pyridine rings is 1. The highest BCUT2D eigenvalue weighted by Crippen LogP contribution is 2.30. The second-order valence-corrected chi connectivity index (χ2v) is 6.35. The number of rotatable bonds is 3. The molecule has 0 aromatic carbocycles. The predicted octanol–water partition coefficient (Wildman–Crippen LogP) is 1.44. The molecule has 1 N–H and O–H groups in total. The Bertz CT molecular complexity index is 659. The van der Waals surface area contributed by atoms with Crippen LogP contribution in [0.2, 0.25) is 0 Å². The first-order valence-electron chi connectivity index (χ1n) is 8.20. The predicted molar refractivity (Wildman–Crippen MR) is 88.7 cm³/mol. The lowest BCUT2D eigenvalue weighted by Gasteiger charge is -2.40. The lowest BCUT2D eigenvalue weighted by molar-refractivity contribution is 0.154. The van der Waals surface area contributed by atoms with Crippen molar-refractivity contribution in [2.75, 3.05) is 36.0 Å². The molecule has 0 saturated carbocycles.